The summed E-state index contributed by atoms with van der Waals surface area (Å²) in [5.74, 6) is 5.05. The van der Waals surface area contributed by atoms with Crippen molar-refractivity contribution in [3.05, 3.63) is 258 Å². The van der Waals surface area contributed by atoms with Crippen LogP contribution >= 0.6 is 0 Å². The molecule has 4 aliphatic rings. The van der Waals surface area contributed by atoms with Gasteiger partial charge in [-0.05, 0) is 263 Å². The van der Waals surface area contributed by atoms with Crippen molar-refractivity contribution in [2.45, 2.75) is 90.6 Å². The molecule has 4 aromatic carbocycles. The van der Waals surface area contributed by atoms with Gasteiger partial charge in [-0.15, -0.1) is 0 Å². The van der Waals surface area contributed by atoms with Crippen molar-refractivity contribution in [2.24, 2.45) is 0 Å². The van der Waals surface area contributed by atoms with Gasteiger partial charge < -0.3 is 53.0 Å². The van der Waals surface area contributed by atoms with Crippen LogP contribution in [0.4, 0.5) is 0 Å². The molecule has 0 spiro atoms. The minimum absolute atomic E-state index is 0.0863. The quantitative estimate of drug-likeness (QED) is 0.0664. The van der Waals surface area contributed by atoms with Crippen LogP contribution in [0.2, 0.25) is 0 Å². The third-order valence-electron chi connectivity index (χ3n) is 22.7. The van der Waals surface area contributed by atoms with Crippen LogP contribution in [0.5, 0.6) is 46.0 Å². The first kappa shape index (κ1) is 84.4. The van der Waals surface area contributed by atoms with Crippen LogP contribution in [0.1, 0.15) is 101 Å². The highest BCUT2D eigenvalue weighted by Gasteiger charge is 2.23. The number of nitrogens with zero attached hydrogens (tertiary/aromatic N) is 11. The molecular weight excluding hydrogens is 1500 g/mol. The van der Waals surface area contributed by atoms with Crippen molar-refractivity contribution in [2.75, 3.05) is 117 Å². The highest BCUT2D eigenvalue weighted by molar-refractivity contribution is 5.74. The summed E-state index contributed by atoms with van der Waals surface area (Å²) >= 11 is 0. The molecule has 2 aliphatic carbocycles. The molecular formula is C95H106N12O12. The topological polar surface area (TPSA) is 233 Å². The van der Waals surface area contributed by atoms with Crippen molar-refractivity contribution < 1.29 is 37.9 Å². The maximum Gasteiger partial charge on any atom is 0.258 e. The van der Waals surface area contributed by atoms with Gasteiger partial charge in [0.15, 0.2) is 46.0 Å². The fraction of sp³-hybridized carbons (Fsp3) is 0.326. The number of allylic oxidation sites excluding steroid dienone is 2. The van der Waals surface area contributed by atoms with E-state index < -0.39 is 0 Å². The van der Waals surface area contributed by atoms with Crippen LogP contribution in [0, 0.1) is 0 Å². The Morgan fingerprint density at radius 2 is 0.723 bits per heavy atom. The van der Waals surface area contributed by atoms with Crippen molar-refractivity contribution >= 4 is 44.9 Å². The number of aromatic nitrogens is 8. The molecule has 12 aromatic rings. The van der Waals surface area contributed by atoms with E-state index in [1.54, 1.807) is 98.7 Å². The Balaban J connectivity index is 0.000000138. The number of rotatable bonds is 22. The summed E-state index contributed by atoms with van der Waals surface area (Å²) in [4.78, 5) is 77.4. The molecule has 119 heavy (non-hydrogen) atoms. The number of likely N-dealkylation sites (N-methyl/N-ethyl adjacent to an activating group) is 1. The van der Waals surface area contributed by atoms with Crippen LogP contribution in [0.3, 0.4) is 0 Å². The van der Waals surface area contributed by atoms with Gasteiger partial charge in [0.2, 0.25) is 0 Å². The maximum atomic E-state index is 12.9. The fourth-order valence-electron chi connectivity index (χ4n) is 15.6. The third-order valence-corrected chi connectivity index (χ3v) is 22.7. The van der Waals surface area contributed by atoms with E-state index in [0.29, 0.717) is 97.8 Å². The zero-order chi connectivity index (χ0) is 83.8. The van der Waals surface area contributed by atoms with Crippen molar-refractivity contribution in [1.29, 1.82) is 0 Å². The number of methoxy groups -OCH3 is 8. The fourth-order valence-corrected chi connectivity index (χ4v) is 15.6. The molecule has 2 unspecified atom stereocenters. The number of fused-ring (bicyclic) bond motifs is 4. The van der Waals surface area contributed by atoms with Crippen molar-refractivity contribution in [1.82, 2.24) is 57.6 Å². The van der Waals surface area contributed by atoms with Gasteiger partial charge in [0.25, 0.3) is 22.2 Å². The van der Waals surface area contributed by atoms with E-state index in [4.69, 9.17) is 47.9 Å². The molecule has 24 nitrogen and oxygen atoms in total. The van der Waals surface area contributed by atoms with Crippen LogP contribution in [0.15, 0.2) is 214 Å². The first-order chi connectivity index (χ1) is 57.9. The Bertz CT molecular complexity index is 6060. The van der Waals surface area contributed by atoms with Crippen LogP contribution < -0.4 is 65.4 Å². The standard InChI is InChI=1S/C26H31N3O3.C25H29N3O3.C23H25N3O3.C21H21N3O3/c1-5-14-28(2)21-10-6-18(7-11-21)20-9-13-25-27-22(16-26(30)29(25)17-20)19-8-12-23(31-3)24(15-19)32-4;1-5-27(2)20-10-6-17(7-11-20)19-9-13-24-26-21(15-25(29)28(24)16-19)18-8-12-22(30-3)23(14-18)31-4;1-4-25-11-9-16(10-12-25)18-6-8-22-24-19(14-23(27)26(22)15-18)17-5-7-20(28-2)21(13-17)29-3;1-26-18-5-3-15(11-19(18)27-2)16-4-6-20-23-17(12-21(25)24(20)13-16)14-7-9-22-10-8-14/h6,8-9,12-13,15-17,21H,5,7,10-11,14H2,1-4H3;6,8-9,12-16,20H,5,7,10-11H2,1-4H3;5-9,13-15H,4,10-12H2,1-3H3;3-7,11-13,22H,8-10H2,1-2H3. The molecule has 8 aromatic heterocycles. The van der Waals surface area contributed by atoms with Gasteiger partial charge in [0, 0.05) is 97.5 Å². The van der Waals surface area contributed by atoms with Gasteiger partial charge in [0.05, 0.1) is 79.7 Å². The monoisotopic (exact) mass is 1610 g/mol. The van der Waals surface area contributed by atoms with Gasteiger partial charge >= 0.3 is 0 Å². The summed E-state index contributed by atoms with van der Waals surface area (Å²) in [7, 11) is 17.2. The van der Waals surface area contributed by atoms with E-state index in [-0.39, 0.29) is 22.2 Å². The number of nitrogens with one attached hydrogen (secondary N) is 1. The Labute approximate surface area is 693 Å². The SMILES string of the molecule is CCCN(C)C1CC=C(c2ccc3nc(-c4ccc(OC)c(OC)c4)cc(=O)n3c2)CC1.CCN(C)C1CC=C(c2ccc3nc(-c4ccc(OC)c(OC)c4)cc(=O)n3c2)CC1.CCN1CC=C(c2ccc3nc(-c4ccc(OC)c(OC)c4)cc(=O)n3c2)CC1.COc1ccc(-c2ccc3nc(C4=CCNCC4)cc(=O)n3c2)cc1OC. The smallest absolute Gasteiger partial charge is 0.258 e. The van der Waals surface area contributed by atoms with E-state index >= 15 is 0 Å². The van der Waals surface area contributed by atoms with E-state index in [1.807, 2.05) is 134 Å². The van der Waals surface area contributed by atoms with Gasteiger partial charge in [-0.1, -0.05) is 51.1 Å². The van der Waals surface area contributed by atoms with E-state index in [2.05, 4.69) is 101 Å². The summed E-state index contributed by atoms with van der Waals surface area (Å²) in [6.45, 7) is 13.6. The van der Waals surface area contributed by atoms with Gasteiger partial charge in [-0.2, -0.15) is 0 Å². The molecule has 618 valence electrons. The molecule has 0 radical (unpaired) electrons. The second-order valence-electron chi connectivity index (χ2n) is 29.7. The summed E-state index contributed by atoms with van der Waals surface area (Å²) in [6, 6.07) is 45.6. The van der Waals surface area contributed by atoms with Crippen molar-refractivity contribution in [3.63, 3.8) is 0 Å². The first-order valence-corrected chi connectivity index (χ1v) is 40.5. The normalized spacial score (nSPS) is 15.4. The number of benzene rings is 4. The molecule has 16 rings (SSSR count). The van der Waals surface area contributed by atoms with E-state index in [1.165, 1.54) is 23.1 Å². The van der Waals surface area contributed by atoms with Crippen LogP contribution in [-0.2, 0) is 0 Å². The Morgan fingerprint density at radius 1 is 0.370 bits per heavy atom. The maximum absolute atomic E-state index is 12.9. The molecule has 0 saturated heterocycles. The Hall–Kier alpha value is -12.5. The van der Waals surface area contributed by atoms with Gasteiger partial charge in [-0.25, -0.2) is 19.9 Å². The highest BCUT2D eigenvalue weighted by atomic mass is 16.5. The number of hydrogen-bond acceptors (Lipinski definition) is 20. The highest BCUT2D eigenvalue weighted by Crippen LogP contribution is 2.38. The third kappa shape index (κ3) is 19.5. The van der Waals surface area contributed by atoms with Crippen molar-refractivity contribution in [3.8, 4) is 90.9 Å². The molecule has 0 fully saturated rings. The second kappa shape index (κ2) is 39.2. The lowest BCUT2D eigenvalue weighted by molar-refractivity contribution is 0.229. The minimum Gasteiger partial charge on any atom is -0.493 e. The predicted molar refractivity (Wildman–Crippen MR) is 473 cm³/mol. The summed E-state index contributed by atoms with van der Waals surface area (Å²) in [5, 5.41) is 3.27. The average molecular weight is 1610 g/mol. The Kier molecular flexibility index (Phi) is 27.8. The molecule has 10 heterocycles. The number of ether oxygens (including phenoxy) is 8. The summed E-state index contributed by atoms with van der Waals surface area (Å²) in [5.41, 5.74) is 17.3. The van der Waals surface area contributed by atoms with Gasteiger partial charge in [0.1, 0.15) is 22.6 Å². The van der Waals surface area contributed by atoms with E-state index in [0.717, 1.165) is 153 Å². The zero-order valence-electron chi connectivity index (χ0n) is 70.3. The largest absolute Gasteiger partial charge is 0.493 e. The molecule has 1 N–H and O–H groups in total. The first-order valence-electron chi connectivity index (χ1n) is 40.5. The second-order valence-corrected chi connectivity index (χ2v) is 29.7. The average Bonchev–Trinajstić information content (AvgIpc) is 0.794. The lowest BCUT2D eigenvalue weighted by Gasteiger charge is -2.30. The molecule has 24 heteroatoms. The van der Waals surface area contributed by atoms with Crippen LogP contribution in [0.25, 0.3) is 89.8 Å². The molecule has 0 bridgehead atoms. The lowest BCUT2D eigenvalue weighted by atomic mass is 9.90. The zero-order valence-corrected chi connectivity index (χ0v) is 70.3. The molecule has 2 aliphatic heterocycles. The van der Waals surface area contributed by atoms with Gasteiger partial charge in [-0.3, -0.25) is 41.7 Å². The van der Waals surface area contributed by atoms with E-state index in [9.17, 15) is 19.2 Å². The summed E-state index contributed by atoms with van der Waals surface area (Å²) in [6.07, 6.45) is 26.0. The molecule has 2 atom stereocenters. The number of hydrogen-bond donors (Lipinski definition) is 1. The predicted octanol–water partition coefficient (Wildman–Crippen LogP) is 15.2. The lowest BCUT2D eigenvalue weighted by Crippen LogP contribution is -2.33. The Morgan fingerprint density at radius 3 is 1.07 bits per heavy atom. The minimum atomic E-state index is -0.103. The molecule has 0 saturated carbocycles. The summed E-state index contributed by atoms with van der Waals surface area (Å²) < 4.78 is 49.2. The number of pyridine rings is 4. The van der Waals surface area contributed by atoms with Crippen LogP contribution in [-0.4, -0.2) is 181 Å². The molecule has 0 amide bonds.